The van der Waals surface area contributed by atoms with Gasteiger partial charge < -0.3 is 16.8 Å². The summed E-state index contributed by atoms with van der Waals surface area (Å²) in [6.07, 6.45) is 1.51. The van der Waals surface area contributed by atoms with Gasteiger partial charge in [-0.05, 0) is 25.0 Å². The third-order valence-corrected chi connectivity index (χ3v) is 2.92. The van der Waals surface area contributed by atoms with Gasteiger partial charge in [-0.3, -0.25) is 9.59 Å². The minimum absolute atomic E-state index is 0.0888. The zero-order chi connectivity index (χ0) is 14.5. The Kier molecular flexibility index (Phi) is 5.06. The second-order valence-electron chi connectivity index (χ2n) is 4.92. The van der Waals surface area contributed by atoms with E-state index in [0.29, 0.717) is 17.7 Å². The van der Waals surface area contributed by atoms with Crippen molar-refractivity contribution in [3.05, 3.63) is 29.8 Å². The van der Waals surface area contributed by atoms with Crippen molar-refractivity contribution in [2.24, 2.45) is 11.5 Å². The lowest BCUT2D eigenvalue weighted by Crippen LogP contribution is -2.48. The summed E-state index contributed by atoms with van der Waals surface area (Å²) < 4.78 is 0. The van der Waals surface area contributed by atoms with Crippen molar-refractivity contribution in [2.75, 3.05) is 5.32 Å². The van der Waals surface area contributed by atoms with Gasteiger partial charge in [0.15, 0.2) is 0 Å². The second kappa shape index (κ2) is 6.33. The maximum atomic E-state index is 12.1. The number of carbonyl (C=O) groups excluding carboxylic acids is 2. The van der Waals surface area contributed by atoms with E-state index in [1.807, 2.05) is 6.92 Å². The van der Waals surface area contributed by atoms with Gasteiger partial charge in [-0.25, -0.2) is 0 Å². The van der Waals surface area contributed by atoms with Crippen molar-refractivity contribution < 1.29 is 9.59 Å². The van der Waals surface area contributed by atoms with Gasteiger partial charge in [0.25, 0.3) is 0 Å². The number of para-hydroxylation sites is 1. The molecule has 1 aromatic rings. The lowest BCUT2D eigenvalue weighted by molar-refractivity contribution is -0.121. The highest BCUT2D eigenvalue weighted by Crippen LogP contribution is 2.18. The van der Waals surface area contributed by atoms with Crippen LogP contribution in [0.1, 0.15) is 32.3 Å². The van der Waals surface area contributed by atoms with Crippen LogP contribution in [0.15, 0.2) is 24.3 Å². The molecule has 1 rings (SSSR count). The molecule has 1 aromatic carbocycles. The molecule has 0 aliphatic rings. The summed E-state index contributed by atoms with van der Waals surface area (Å²) in [5, 5.41) is 2.77. The van der Waals surface area contributed by atoms with E-state index in [4.69, 9.17) is 11.5 Å². The Labute approximate surface area is 113 Å². The third kappa shape index (κ3) is 4.37. The van der Waals surface area contributed by atoms with Crippen LogP contribution in [0.4, 0.5) is 5.69 Å². The topological polar surface area (TPSA) is 98.2 Å². The van der Waals surface area contributed by atoms with Crippen LogP contribution in [0, 0.1) is 0 Å². The largest absolute Gasteiger partial charge is 0.369 e. The fourth-order valence-corrected chi connectivity index (χ4v) is 1.88. The summed E-state index contributed by atoms with van der Waals surface area (Å²) in [7, 11) is 0. The van der Waals surface area contributed by atoms with Crippen LogP contribution in [0.3, 0.4) is 0 Å². The summed E-state index contributed by atoms with van der Waals surface area (Å²) in [5.74, 6) is -0.697. The normalized spacial score (nSPS) is 13.6. The molecule has 5 heteroatoms. The molecular weight excluding hydrogens is 242 g/mol. The zero-order valence-electron chi connectivity index (χ0n) is 11.4. The molecule has 0 saturated carbocycles. The van der Waals surface area contributed by atoms with Crippen LogP contribution in [-0.2, 0) is 16.0 Å². The lowest BCUT2D eigenvalue weighted by Gasteiger charge is -2.23. The van der Waals surface area contributed by atoms with Gasteiger partial charge in [0.2, 0.25) is 11.8 Å². The van der Waals surface area contributed by atoms with Crippen LogP contribution < -0.4 is 16.8 Å². The predicted octanol–water partition coefficient (Wildman–Crippen LogP) is 1.17. The van der Waals surface area contributed by atoms with E-state index >= 15 is 0 Å². The number of anilines is 1. The van der Waals surface area contributed by atoms with Crippen molar-refractivity contribution in [2.45, 2.75) is 38.6 Å². The van der Waals surface area contributed by atoms with Gasteiger partial charge in [0, 0.05) is 5.69 Å². The quantitative estimate of drug-likeness (QED) is 0.718. The fourth-order valence-electron chi connectivity index (χ4n) is 1.88. The minimum Gasteiger partial charge on any atom is -0.369 e. The summed E-state index contributed by atoms with van der Waals surface area (Å²) in [6.45, 7) is 3.67. The number of hydrogen-bond donors (Lipinski definition) is 3. The van der Waals surface area contributed by atoms with E-state index in [1.54, 1.807) is 31.2 Å². The number of nitrogens with two attached hydrogens (primary N) is 2. The molecule has 0 saturated heterocycles. The van der Waals surface area contributed by atoms with E-state index in [2.05, 4.69) is 5.32 Å². The highest BCUT2D eigenvalue weighted by molar-refractivity contribution is 5.98. The van der Waals surface area contributed by atoms with Gasteiger partial charge in [0.05, 0.1) is 12.0 Å². The Hall–Kier alpha value is -1.88. The van der Waals surface area contributed by atoms with Gasteiger partial charge >= 0.3 is 0 Å². The molecule has 0 aliphatic carbocycles. The van der Waals surface area contributed by atoms with Crippen molar-refractivity contribution in [3.8, 4) is 0 Å². The molecule has 1 unspecified atom stereocenters. The molecule has 1 atom stereocenters. The molecule has 0 radical (unpaired) electrons. The van der Waals surface area contributed by atoms with E-state index in [1.165, 1.54) is 0 Å². The average molecular weight is 263 g/mol. The molecule has 5 N–H and O–H groups in total. The Balaban J connectivity index is 2.87. The SMILES string of the molecule is CCCC(C)(N)C(=O)Nc1ccccc1CC(N)=O. The third-order valence-electron chi connectivity index (χ3n) is 2.92. The molecule has 0 aromatic heterocycles. The van der Waals surface area contributed by atoms with Gasteiger partial charge in [-0.15, -0.1) is 0 Å². The Bertz CT molecular complexity index is 470. The second-order valence-corrected chi connectivity index (χ2v) is 4.92. The molecule has 0 heterocycles. The summed E-state index contributed by atoms with van der Waals surface area (Å²) in [6, 6.07) is 7.07. The number of primary amides is 1. The first kappa shape index (κ1) is 15.2. The summed E-state index contributed by atoms with van der Waals surface area (Å²) in [5.41, 5.74) is 11.5. The molecule has 19 heavy (non-hydrogen) atoms. The molecule has 0 fully saturated rings. The monoisotopic (exact) mass is 263 g/mol. The maximum absolute atomic E-state index is 12.1. The predicted molar refractivity (Wildman–Crippen MR) is 75.5 cm³/mol. The van der Waals surface area contributed by atoms with Crippen LogP contribution >= 0.6 is 0 Å². The zero-order valence-corrected chi connectivity index (χ0v) is 11.4. The molecule has 5 nitrogen and oxygen atoms in total. The van der Waals surface area contributed by atoms with Crippen LogP contribution in [0.2, 0.25) is 0 Å². The number of hydrogen-bond acceptors (Lipinski definition) is 3. The maximum Gasteiger partial charge on any atom is 0.244 e. The van der Waals surface area contributed by atoms with Crippen LogP contribution in [0.5, 0.6) is 0 Å². The van der Waals surface area contributed by atoms with Gasteiger partial charge in [0.1, 0.15) is 0 Å². The van der Waals surface area contributed by atoms with E-state index in [9.17, 15) is 9.59 Å². The van der Waals surface area contributed by atoms with Crippen molar-refractivity contribution in [1.82, 2.24) is 0 Å². The standard InChI is InChI=1S/C14H21N3O2/c1-3-8-14(2,16)13(19)17-11-7-5-4-6-10(11)9-12(15)18/h4-7H,3,8-9,16H2,1-2H3,(H2,15,18)(H,17,19). The summed E-state index contributed by atoms with van der Waals surface area (Å²) >= 11 is 0. The highest BCUT2D eigenvalue weighted by atomic mass is 16.2. The van der Waals surface area contributed by atoms with Crippen LogP contribution in [0.25, 0.3) is 0 Å². The number of carbonyl (C=O) groups is 2. The first-order valence-electron chi connectivity index (χ1n) is 6.33. The Morgan fingerprint density at radius 1 is 1.32 bits per heavy atom. The van der Waals surface area contributed by atoms with Crippen LogP contribution in [-0.4, -0.2) is 17.4 Å². The molecule has 0 spiro atoms. The van der Waals surface area contributed by atoms with Gasteiger partial charge in [-0.1, -0.05) is 31.5 Å². The van der Waals surface area contributed by atoms with Gasteiger partial charge in [-0.2, -0.15) is 0 Å². The minimum atomic E-state index is -0.922. The Morgan fingerprint density at radius 2 is 1.95 bits per heavy atom. The number of amides is 2. The fraction of sp³-hybridized carbons (Fsp3) is 0.429. The number of rotatable bonds is 6. The highest BCUT2D eigenvalue weighted by Gasteiger charge is 2.27. The van der Waals surface area contributed by atoms with Crippen molar-refractivity contribution in [1.29, 1.82) is 0 Å². The summed E-state index contributed by atoms with van der Waals surface area (Å²) in [4.78, 5) is 23.1. The van der Waals surface area contributed by atoms with E-state index in [-0.39, 0.29) is 12.3 Å². The first-order valence-corrected chi connectivity index (χ1v) is 6.33. The number of nitrogens with one attached hydrogen (secondary N) is 1. The molecule has 104 valence electrons. The lowest BCUT2D eigenvalue weighted by atomic mass is 9.96. The smallest absolute Gasteiger partial charge is 0.244 e. The average Bonchev–Trinajstić information content (AvgIpc) is 2.30. The molecular formula is C14H21N3O2. The van der Waals surface area contributed by atoms with E-state index < -0.39 is 11.4 Å². The molecule has 2 amide bonds. The Morgan fingerprint density at radius 3 is 2.53 bits per heavy atom. The number of benzene rings is 1. The molecule has 0 aliphatic heterocycles. The molecule has 0 bridgehead atoms. The van der Waals surface area contributed by atoms with Crippen molar-refractivity contribution >= 4 is 17.5 Å². The van der Waals surface area contributed by atoms with E-state index in [0.717, 1.165) is 6.42 Å². The first-order chi connectivity index (χ1) is 8.86. The van der Waals surface area contributed by atoms with Crippen molar-refractivity contribution in [3.63, 3.8) is 0 Å².